The van der Waals surface area contributed by atoms with E-state index in [0.717, 1.165) is 31.6 Å². The molecule has 1 aromatic rings. The molecule has 1 heterocycles. The topological polar surface area (TPSA) is 66.0 Å². The standard InChI is InChI=1S/C14H26N4O/c1-3-7-18-13(16-11-17-18)9-19-14(10-15)6-4-5-12(2)8-14/h11-12H,3-10,15H2,1-2H3. The van der Waals surface area contributed by atoms with Crippen LogP contribution in [0.25, 0.3) is 0 Å². The number of nitrogens with zero attached hydrogens (tertiary/aromatic N) is 3. The van der Waals surface area contributed by atoms with E-state index in [1.807, 2.05) is 4.68 Å². The second kappa shape index (κ2) is 6.48. The Balaban J connectivity index is 1.97. The Morgan fingerprint density at radius 1 is 1.58 bits per heavy atom. The van der Waals surface area contributed by atoms with Gasteiger partial charge in [0, 0.05) is 13.1 Å². The maximum absolute atomic E-state index is 6.17. The van der Waals surface area contributed by atoms with Crippen LogP contribution in [0.5, 0.6) is 0 Å². The first-order chi connectivity index (χ1) is 9.19. The largest absolute Gasteiger partial charge is 0.366 e. The Labute approximate surface area is 115 Å². The van der Waals surface area contributed by atoms with Gasteiger partial charge in [0.1, 0.15) is 12.9 Å². The van der Waals surface area contributed by atoms with Gasteiger partial charge in [-0.3, -0.25) is 0 Å². The van der Waals surface area contributed by atoms with Crippen molar-refractivity contribution in [2.24, 2.45) is 11.7 Å². The van der Waals surface area contributed by atoms with Crippen molar-refractivity contribution in [3.8, 4) is 0 Å². The Kier molecular flexibility index (Phi) is 4.93. The molecule has 2 atom stereocenters. The normalized spacial score (nSPS) is 27.6. The molecule has 1 aliphatic rings. The fourth-order valence-corrected chi connectivity index (χ4v) is 3.00. The van der Waals surface area contributed by atoms with Crippen LogP contribution in [0.15, 0.2) is 6.33 Å². The number of ether oxygens (including phenoxy) is 1. The molecule has 0 spiro atoms. The number of hydrogen-bond acceptors (Lipinski definition) is 4. The highest BCUT2D eigenvalue weighted by molar-refractivity contribution is 4.90. The van der Waals surface area contributed by atoms with E-state index >= 15 is 0 Å². The number of aryl methyl sites for hydroxylation is 1. The van der Waals surface area contributed by atoms with Crippen LogP contribution in [0.2, 0.25) is 0 Å². The molecular weight excluding hydrogens is 240 g/mol. The molecule has 108 valence electrons. The molecule has 2 unspecified atom stereocenters. The van der Waals surface area contributed by atoms with Crippen molar-refractivity contribution in [3.63, 3.8) is 0 Å². The summed E-state index contributed by atoms with van der Waals surface area (Å²) in [5.74, 6) is 1.61. The van der Waals surface area contributed by atoms with Crippen LogP contribution in [0.3, 0.4) is 0 Å². The molecule has 0 aliphatic heterocycles. The quantitative estimate of drug-likeness (QED) is 0.856. The molecule has 0 amide bonds. The van der Waals surface area contributed by atoms with Gasteiger partial charge in [-0.15, -0.1) is 0 Å². The third-order valence-electron chi connectivity index (χ3n) is 4.06. The zero-order chi connectivity index (χ0) is 13.7. The predicted molar refractivity (Wildman–Crippen MR) is 74.5 cm³/mol. The van der Waals surface area contributed by atoms with E-state index < -0.39 is 0 Å². The lowest BCUT2D eigenvalue weighted by molar-refractivity contribution is -0.0870. The van der Waals surface area contributed by atoms with Gasteiger partial charge in [0.15, 0.2) is 5.82 Å². The van der Waals surface area contributed by atoms with Gasteiger partial charge in [-0.05, 0) is 25.2 Å². The predicted octanol–water partition coefficient (Wildman–Crippen LogP) is 2.11. The average molecular weight is 266 g/mol. The van der Waals surface area contributed by atoms with E-state index in [2.05, 4.69) is 23.9 Å². The number of rotatable bonds is 6. The van der Waals surface area contributed by atoms with Crippen LogP contribution < -0.4 is 5.73 Å². The van der Waals surface area contributed by atoms with E-state index in [9.17, 15) is 0 Å². The van der Waals surface area contributed by atoms with E-state index in [-0.39, 0.29) is 5.60 Å². The molecule has 2 rings (SSSR count). The fourth-order valence-electron chi connectivity index (χ4n) is 3.00. The third kappa shape index (κ3) is 3.54. The highest BCUT2D eigenvalue weighted by atomic mass is 16.5. The summed E-state index contributed by atoms with van der Waals surface area (Å²) in [6.45, 7) is 6.43. The van der Waals surface area contributed by atoms with Crippen molar-refractivity contribution in [3.05, 3.63) is 12.2 Å². The summed E-state index contributed by atoms with van der Waals surface area (Å²) in [5, 5.41) is 4.23. The number of aromatic nitrogens is 3. The molecule has 2 N–H and O–H groups in total. The van der Waals surface area contributed by atoms with Gasteiger partial charge < -0.3 is 10.5 Å². The van der Waals surface area contributed by atoms with Crippen molar-refractivity contribution in [1.29, 1.82) is 0 Å². The molecule has 1 aliphatic carbocycles. The molecule has 5 heteroatoms. The van der Waals surface area contributed by atoms with Gasteiger partial charge in [-0.25, -0.2) is 9.67 Å². The minimum Gasteiger partial charge on any atom is -0.366 e. The summed E-state index contributed by atoms with van der Waals surface area (Å²) in [4.78, 5) is 4.29. The average Bonchev–Trinajstić information content (AvgIpc) is 2.84. The molecule has 1 saturated carbocycles. The first kappa shape index (κ1) is 14.5. The van der Waals surface area contributed by atoms with Crippen molar-refractivity contribution >= 4 is 0 Å². The molecule has 19 heavy (non-hydrogen) atoms. The summed E-state index contributed by atoms with van der Waals surface area (Å²) < 4.78 is 8.10. The van der Waals surface area contributed by atoms with E-state index in [1.54, 1.807) is 6.33 Å². The second-order valence-electron chi connectivity index (χ2n) is 5.78. The van der Waals surface area contributed by atoms with Crippen molar-refractivity contribution in [2.75, 3.05) is 6.54 Å². The Bertz CT molecular complexity index is 393. The van der Waals surface area contributed by atoms with Gasteiger partial charge in [-0.1, -0.05) is 26.7 Å². The van der Waals surface area contributed by atoms with E-state index in [4.69, 9.17) is 10.5 Å². The highest BCUT2D eigenvalue weighted by Crippen LogP contribution is 2.34. The first-order valence-corrected chi connectivity index (χ1v) is 7.40. The van der Waals surface area contributed by atoms with Crippen LogP contribution in [0.1, 0.15) is 51.8 Å². The lowest BCUT2D eigenvalue weighted by atomic mass is 9.79. The number of nitrogens with two attached hydrogens (primary N) is 1. The minimum absolute atomic E-state index is 0.152. The molecule has 0 bridgehead atoms. The van der Waals surface area contributed by atoms with Gasteiger partial charge in [0.25, 0.3) is 0 Å². The van der Waals surface area contributed by atoms with Crippen molar-refractivity contribution < 1.29 is 4.74 Å². The van der Waals surface area contributed by atoms with Gasteiger partial charge in [0.05, 0.1) is 5.60 Å². The summed E-state index contributed by atoms with van der Waals surface area (Å²) in [7, 11) is 0. The maximum Gasteiger partial charge on any atom is 0.152 e. The first-order valence-electron chi connectivity index (χ1n) is 7.40. The Morgan fingerprint density at radius 3 is 3.11 bits per heavy atom. The zero-order valence-electron chi connectivity index (χ0n) is 12.1. The van der Waals surface area contributed by atoms with Gasteiger partial charge in [-0.2, -0.15) is 5.10 Å². The molecule has 0 aromatic carbocycles. The summed E-state index contributed by atoms with van der Waals surface area (Å²) in [5.41, 5.74) is 5.82. The summed E-state index contributed by atoms with van der Waals surface area (Å²) in [6, 6.07) is 0. The third-order valence-corrected chi connectivity index (χ3v) is 4.06. The van der Waals surface area contributed by atoms with Crippen LogP contribution >= 0.6 is 0 Å². The van der Waals surface area contributed by atoms with Crippen LogP contribution in [-0.2, 0) is 17.9 Å². The van der Waals surface area contributed by atoms with Gasteiger partial charge >= 0.3 is 0 Å². The van der Waals surface area contributed by atoms with Crippen LogP contribution in [0.4, 0.5) is 0 Å². The molecule has 0 radical (unpaired) electrons. The molecule has 1 fully saturated rings. The minimum atomic E-state index is -0.152. The smallest absolute Gasteiger partial charge is 0.152 e. The monoisotopic (exact) mass is 266 g/mol. The lowest BCUT2D eigenvalue weighted by Gasteiger charge is -2.39. The Morgan fingerprint density at radius 2 is 2.42 bits per heavy atom. The zero-order valence-corrected chi connectivity index (χ0v) is 12.1. The highest BCUT2D eigenvalue weighted by Gasteiger charge is 2.35. The SMILES string of the molecule is CCCn1ncnc1COC1(CN)CCCC(C)C1. The van der Waals surface area contributed by atoms with E-state index in [0.29, 0.717) is 19.1 Å². The molecule has 5 nitrogen and oxygen atoms in total. The molecule has 0 saturated heterocycles. The van der Waals surface area contributed by atoms with Gasteiger partial charge in [0.2, 0.25) is 0 Å². The summed E-state index contributed by atoms with van der Waals surface area (Å²) >= 11 is 0. The number of hydrogen-bond donors (Lipinski definition) is 1. The second-order valence-corrected chi connectivity index (χ2v) is 5.78. The molecular formula is C14H26N4O. The summed E-state index contributed by atoms with van der Waals surface area (Å²) in [6.07, 6.45) is 7.28. The maximum atomic E-state index is 6.17. The van der Waals surface area contributed by atoms with E-state index in [1.165, 1.54) is 12.8 Å². The van der Waals surface area contributed by atoms with Crippen LogP contribution in [0, 0.1) is 5.92 Å². The lowest BCUT2D eigenvalue weighted by Crippen LogP contribution is -2.44. The Hall–Kier alpha value is -0.940. The van der Waals surface area contributed by atoms with Crippen molar-refractivity contribution in [1.82, 2.24) is 14.8 Å². The van der Waals surface area contributed by atoms with Crippen LogP contribution in [-0.4, -0.2) is 26.9 Å². The van der Waals surface area contributed by atoms with Crippen molar-refractivity contribution in [2.45, 2.75) is 64.7 Å². The molecule has 1 aromatic heterocycles. The fraction of sp³-hybridized carbons (Fsp3) is 0.857.